The second-order valence-electron chi connectivity index (χ2n) is 5.74. The van der Waals surface area contributed by atoms with E-state index in [4.69, 9.17) is 4.74 Å². The fraction of sp³-hybridized carbons (Fsp3) is 0.467. The summed E-state index contributed by atoms with van der Waals surface area (Å²) in [6, 6.07) is 5.61. The van der Waals surface area contributed by atoms with Gasteiger partial charge in [0.25, 0.3) is 5.69 Å². The maximum absolute atomic E-state index is 11.8. The number of amides is 2. The minimum Gasteiger partial charge on any atom is -0.427 e. The summed E-state index contributed by atoms with van der Waals surface area (Å²) in [5, 5.41) is 16.7. The number of nitro benzene ring substituents is 1. The molecule has 0 unspecified atom stereocenters. The summed E-state index contributed by atoms with van der Waals surface area (Å²) in [5.41, 5.74) is -0.0465. The van der Waals surface area contributed by atoms with E-state index in [0.29, 0.717) is 17.4 Å². The fourth-order valence-electron chi connectivity index (χ4n) is 2.91. The zero-order valence-corrected chi connectivity index (χ0v) is 13.6. The van der Waals surface area contributed by atoms with Gasteiger partial charge in [-0.15, -0.1) is 0 Å². The first-order valence-corrected chi connectivity index (χ1v) is 8.71. The highest BCUT2D eigenvalue weighted by molar-refractivity contribution is 8.00. The molecule has 0 spiro atoms. The van der Waals surface area contributed by atoms with Crippen LogP contribution in [-0.2, 0) is 4.79 Å². The van der Waals surface area contributed by atoms with Crippen molar-refractivity contribution in [3.05, 3.63) is 34.4 Å². The smallest absolute Gasteiger partial charge is 0.315 e. The van der Waals surface area contributed by atoms with Crippen LogP contribution in [0.2, 0.25) is 0 Å². The van der Waals surface area contributed by atoms with Crippen molar-refractivity contribution in [1.82, 2.24) is 10.6 Å². The molecule has 0 aromatic heterocycles. The van der Waals surface area contributed by atoms with Crippen LogP contribution in [0.4, 0.5) is 10.5 Å². The van der Waals surface area contributed by atoms with Crippen molar-refractivity contribution >= 4 is 29.4 Å². The van der Waals surface area contributed by atoms with Gasteiger partial charge in [-0.05, 0) is 25.0 Å². The number of ether oxygens (including phenoxy) is 1. The minimum atomic E-state index is -0.505. The van der Waals surface area contributed by atoms with E-state index in [0.717, 1.165) is 12.2 Å². The molecule has 0 aliphatic carbocycles. The third-order valence-electron chi connectivity index (χ3n) is 4.09. The summed E-state index contributed by atoms with van der Waals surface area (Å²) in [5.74, 6) is 0.826. The number of carbonyl (C=O) groups is 2. The molecule has 1 aromatic carbocycles. The molecule has 2 aliphatic rings. The predicted octanol–water partition coefficient (Wildman–Crippen LogP) is 1.84. The van der Waals surface area contributed by atoms with Crippen LogP contribution in [0.15, 0.2) is 24.3 Å². The van der Waals surface area contributed by atoms with Gasteiger partial charge in [-0.1, -0.05) is 0 Å². The average Bonchev–Trinajstić information content (AvgIpc) is 3.08. The number of fused-ring (bicyclic) bond motifs is 1. The van der Waals surface area contributed by atoms with Gasteiger partial charge in [0, 0.05) is 29.6 Å². The lowest BCUT2D eigenvalue weighted by Gasteiger charge is -2.16. The number of nitrogens with zero attached hydrogens (tertiary/aromatic N) is 1. The zero-order chi connectivity index (χ0) is 17.1. The molecule has 8 nitrogen and oxygen atoms in total. The zero-order valence-electron chi connectivity index (χ0n) is 12.8. The van der Waals surface area contributed by atoms with Gasteiger partial charge in [0.2, 0.25) is 0 Å². The average molecular weight is 351 g/mol. The molecule has 2 saturated heterocycles. The summed E-state index contributed by atoms with van der Waals surface area (Å²) in [6.07, 6.45) is 1.76. The summed E-state index contributed by atoms with van der Waals surface area (Å²) in [4.78, 5) is 33.2. The Morgan fingerprint density at radius 3 is 2.79 bits per heavy atom. The Morgan fingerprint density at radius 2 is 2.08 bits per heavy atom. The first kappa shape index (κ1) is 16.6. The molecule has 2 heterocycles. The molecule has 2 fully saturated rings. The van der Waals surface area contributed by atoms with Gasteiger partial charge in [0.15, 0.2) is 0 Å². The van der Waals surface area contributed by atoms with E-state index in [1.807, 2.05) is 0 Å². The van der Waals surface area contributed by atoms with Gasteiger partial charge in [-0.2, -0.15) is 11.8 Å². The van der Waals surface area contributed by atoms with Crippen LogP contribution >= 0.6 is 11.8 Å². The lowest BCUT2D eigenvalue weighted by molar-refractivity contribution is -0.384. The van der Waals surface area contributed by atoms with Crippen LogP contribution in [0.3, 0.4) is 0 Å². The highest BCUT2D eigenvalue weighted by atomic mass is 32.2. The lowest BCUT2D eigenvalue weighted by Crippen LogP contribution is -2.36. The van der Waals surface area contributed by atoms with Crippen LogP contribution in [0.1, 0.15) is 19.3 Å². The Balaban J connectivity index is 1.41. The molecule has 3 rings (SSSR count). The second-order valence-corrected chi connectivity index (χ2v) is 7.01. The number of esters is 1. The topological polar surface area (TPSA) is 111 Å². The molecular formula is C15H17N3O5S. The Morgan fingerprint density at radius 1 is 1.33 bits per heavy atom. The third-order valence-corrected chi connectivity index (χ3v) is 5.60. The molecule has 2 amide bonds. The molecule has 1 aromatic rings. The van der Waals surface area contributed by atoms with E-state index >= 15 is 0 Å². The minimum absolute atomic E-state index is 0.0465. The monoisotopic (exact) mass is 351 g/mol. The second kappa shape index (κ2) is 7.08. The van der Waals surface area contributed by atoms with E-state index < -0.39 is 4.92 Å². The number of thioether (sulfide) groups is 1. The molecule has 24 heavy (non-hydrogen) atoms. The Bertz CT molecular complexity index is 651. The van der Waals surface area contributed by atoms with Gasteiger partial charge in [-0.3, -0.25) is 14.9 Å². The van der Waals surface area contributed by atoms with Gasteiger partial charge in [0.1, 0.15) is 5.75 Å². The van der Waals surface area contributed by atoms with Gasteiger partial charge >= 0.3 is 12.0 Å². The Kier molecular flexibility index (Phi) is 4.89. The van der Waals surface area contributed by atoms with E-state index in [9.17, 15) is 19.7 Å². The largest absolute Gasteiger partial charge is 0.427 e. The molecule has 9 heteroatoms. The lowest BCUT2D eigenvalue weighted by atomic mass is 10.0. The predicted molar refractivity (Wildman–Crippen MR) is 88.1 cm³/mol. The number of hydrogen-bond donors (Lipinski definition) is 2. The van der Waals surface area contributed by atoms with Crippen LogP contribution in [0.25, 0.3) is 0 Å². The number of nitro groups is 1. The number of rotatable bonds is 6. The van der Waals surface area contributed by atoms with Crippen molar-refractivity contribution < 1.29 is 19.2 Å². The van der Waals surface area contributed by atoms with Gasteiger partial charge in [0.05, 0.1) is 17.0 Å². The first-order valence-electron chi connectivity index (χ1n) is 7.67. The molecule has 2 aliphatic heterocycles. The third kappa shape index (κ3) is 3.78. The Hall–Kier alpha value is -2.29. The maximum atomic E-state index is 11.8. The molecule has 0 bridgehead atoms. The summed E-state index contributed by atoms with van der Waals surface area (Å²) < 4.78 is 5.17. The number of benzene rings is 1. The number of hydrogen-bond acceptors (Lipinski definition) is 6. The van der Waals surface area contributed by atoms with E-state index in [1.165, 1.54) is 24.3 Å². The normalized spacial score (nSPS) is 24.8. The molecule has 2 N–H and O–H groups in total. The molecule has 3 atom stereocenters. The van der Waals surface area contributed by atoms with E-state index in [2.05, 4.69) is 10.6 Å². The first-order chi connectivity index (χ1) is 11.5. The Labute approximate surface area is 142 Å². The highest BCUT2D eigenvalue weighted by Gasteiger charge is 2.42. The van der Waals surface area contributed by atoms with Crippen molar-refractivity contribution in [2.24, 2.45) is 0 Å². The summed E-state index contributed by atoms with van der Waals surface area (Å²) >= 11 is 1.80. The van der Waals surface area contributed by atoms with Crippen molar-refractivity contribution in [2.75, 3.05) is 5.75 Å². The molecule has 0 radical (unpaired) electrons. The van der Waals surface area contributed by atoms with Crippen LogP contribution in [-0.4, -0.2) is 40.0 Å². The SMILES string of the molecule is O=C1N[C@H]2[C@H](CS[C@H]2CCCC(=O)Oc2ccc([N+](=O)[O-])cc2)N1. The van der Waals surface area contributed by atoms with Crippen LogP contribution in [0, 0.1) is 10.1 Å². The number of urea groups is 1. The van der Waals surface area contributed by atoms with Gasteiger partial charge in [-0.25, -0.2) is 4.79 Å². The van der Waals surface area contributed by atoms with Crippen molar-refractivity contribution in [3.63, 3.8) is 0 Å². The van der Waals surface area contributed by atoms with Crippen molar-refractivity contribution in [2.45, 2.75) is 36.6 Å². The number of carbonyl (C=O) groups excluding carboxylic acids is 2. The quantitative estimate of drug-likeness (QED) is 0.266. The van der Waals surface area contributed by atoms with E-state index in [1.54, 1.807) is 11.8 Å². The fourth-order valence-corrected chi connectivity index (χ4v) is 4.45. The molecule has 0 saturated carbocycles. The maximum Gasteiger partial charge on any atom is 0.315 e. The number of non-ortho nitro benzene ring substituents is 1. The van der Waals surface area contributed by atoms with Crippen molar-refractivity contribution in [3.8, 4) is 5.75 Å². The molecular weight excluding hydrogens is 334 g/mol. The summed E-state index contributed by atoms with van der Waals surface area (Å²) in [6.45, 7) is 0. The number of nitrogens with one attached hydrogen (secondary N) is 2. The van der Waals surface area contributed by atoms with E-state index in [-0.39, 0.29) is 36.2 Å². The van der Waals surface area contributed by atoms with Crippen LogP contribution in [0.5, 0.6) is 5.75 Å². The van der Waals surface area contributed by atoms with Gasteiger partial charge < -0.3 is 15.4 Å². The van der Waals surface area contributed by atoms with Crippen molar-refractivity contribution in [1.29, 1.82) is 0 Å². The standard InChI is InChI=1S/C15H17N3O5S/c19-13(23-10-6-4-9(5-7-10)18(21)22)3-1-2-12-14-11(8-24-12)16-15(20)17-14/h4-7,11-12,14H,1-3,8H2,(H2,16,17,20)/t11-,12-,14-/m0/s1. The highest BCUT2D eigenvalue weighted by Crippen LogP contribution is 2.33. The van der Waals surface area contributed by atoms with Crippen LogP contribution < -0.4 is 15.4 Å². The summed E-state index contributed by atoms with van der Waals surface area (Å²) in [7, 11) is 0. The molecule has 128 valence electrons.